The fourth-order valence-corrected chi connectivity index (χ4v) is 9.60. The number of esters is 1. The Hall–Kier alpha value is -7.28. The molecule has 0 unspecified atom stereocenters. The number of ether oxygens (including phenoxy) is 2. The zero-order chi connectivity index (χ0) is 47.3. The molecule has 13 nitrogen and oxygen atoms in total. The summed E-state index contributed by atoms with van der Waals surface area (Å²) in [6, 6.07) is 38.7. The summed E-state index contributed by atoms with van der Waals surface area (Å²) >= 11 is 0. The lowest BCUT2D eigenvalue weighted by Crippen LogP contribution is -2.51. The van der Waals surface area contributed by atoms with Crippen molar-refractivity contribution in [2.75, 3.05) is 13.1 Å². The zero-order valence-corrected chi connectivity index (χ0v) is 39.1. The van der Waals surface area contributed by atoms with Crippen LogP contribution in [0, 0.1) is 17.8 Å². The second-order valence-corrected chi connectivity index (χ2v) is 18.8. The summed E-state index contributed by atoms with van der Waals surface area (Å²) in [4.78, 5) is 74.5. The standard InChI is InChI=1S/C55H59N7O6/c1-34(2)42(31-49(63)67-32-36-13-7-5-8-14-36)53(64)61-27-11-17-47(61)51-56-43-25-23-40(29-45(43)58-51)38-19-21-39(22-20-38)41-24-26-44-46(30-41)59-52(57-44)48-18-12-28-62(48)54(65)50(35(3)4)60-55(66)68-33-37-15-9-6-10-16-37/h5-10,13-16,19-26,29-30,34-35,42,47-48,50H,11-12,17-18,27-28,31-33H2,1-4H3,(H,56,58)(H,57,59)(H,60,66)/t42-,47-,48-,50-/m0/s1. The minimum atomic E-state index is -0.739. The van der Waals surface area contributed by atoms with Gasteiger partial charge in [-0.05, 0) is 95.2 Å². The van der Waals surface area contributed by atoms with Gasteiger partial charge in [0.2, 0.25) is 11.8 Å². The molecule has 4 atom stereocenters. The lowest BCUT2D eigenvalue weighted by Gasteiger charge is -2.30. The molecule has 4 heterocycles. The summed E-state index contributed by atoms with van der Waals surface area (Å²) in [7, 11) is 0. The van der Waals surface area contributed by atoms with Crippen LogP contribution in [0.25, 0.3) is 44.3 Å². The molecule has 350 valence electrons. The van der Waals surface area contributed by atoms with Crippen molar-refractivity contribution in [3.05, 3.63) is 144 Å². The van der Waals surface area contributed by atoms with Crippen LogP contribution >= 0.6 is 0 Å². The van der Waals surface area contributed by atoms with Gasteiger partial charge in [-0.2, -0.15) is 0 Å². The fraction of sp³-hybridized carbons (Fsp3) is 0.345. The topological polar surface area (TPSA) is 163 Å². The molecule has 2 aliphatic rings. The van der Waals surface area contributed by atoms with Crippen molar-refractivity contribution in [2.45, 2.75) is 91.1 Å². The Morgan fingerprint density at radius 2 is 1.07 bits per heavy atom. The van der Waals surface area contributed by atoms with Crippen LogP contribution < -0.4 is 5.32 Å². The third-order valence-corrected chi connectivity index (χ3v) is 13.4. The number of aromatic amines is 2. The molecule has 2 aromatic heterocycles. The number of H-pyrrole nitrogens is 2. The van der Waals surface area contributed by atoms with E-state index in [4.69, 9.17) is 19.4 Å². The fourth-order valence-electron chi connectivity index (χ4n) is 9.60. The summed E-state index contributed by atoms with van der Waals surface area (Å²) in [5.74, 6) is 0.254. The Kier molecular flexibility index (Phi) is 13.7. The number of benzene rings is 5. The van der Waals surface area contributed by atoms with E-state index < -0.39 is 18.1 Å². The highest BCUT2D eigenvalue weighted by molar-refractivity contribution is 5.88. The molecule has 2 aliphatic heterocycles. The summed E-state index contributed by atoms with van der Waals surface area (Å²) in [6.45, 7) is 9.31. The normalized spacial score (nSPS) is 17.0. The number of likely N-dealkylation sites (tertiary alicyclic amines) is 2. The molecule has 13 heteroatoms. The maximum absolute atomic E-state index is 14.1. The summed E-state index contributed by atoms with van der Waals surface area (Å²) < 4.78 is 11.0. The Morgan fingerprint density at radius 3 is 1.56 bits per heavy atom. The first kappa shape index (κ1) is 45.9. The van der Waals surface area contributed by atoms with E-state index in [1.807, 2.05) is 110 Å². The van der Waals surface area contributed by atoms with Gasteiger partial charge >= 0.3 is 12.1 Å². The summed E-state index contributed by atoms with van der Waals surface area (Å²) in [6.07, 6.45) is 2.66. The first-order valence-corrected chi connectivity index (χ1v) is 23.9. The molecule has 3 amide bonds. The third kappa shape index (κ3) is 10.2. The van der Waals surface area contributed by atoms with Gasteiger partial charge in [0.15, 0.2) is 0 Å². The molecule has 0 bridgehead atoms. The van der Waals surface area contributed by atoms with Gasteiger partial charge in [-0.1, -0.05) is 125 Å². The minimum absolute atomic E-state index is 0.0345. The van der Waals surface area contributed by atoms with Gasteiger partial charge in [-0.15, -0.1) is 0 Å². The van der Waals surface area contributed by atoms with Crippen LogP contribution in [-0.2, 0) is 37.1 Å². The second kappa shape index (κ2) is 20.3. The van der Waals surface area contributed by atoms with Crippen molar-refractivity contribution in [1.82, 2.24) is 35.1 Å². The largest absolute Gasteiger partial charge is 0.461 e. The van der Waals surface area contributed by atoms with Crippen molar-refractivity contribution in [3.8, 4) is 22.3 Å². The minimum Gasteiger partial charge on any atom is -0.461 e. The van der Waals surface area contributed by atoms with Gasteiger partial charge in [0.25, 0.3) is 0 Å². The number of carbonyl (C=O) groups is 4. The van der Waals surface area contributed by atoms with Crippen molar-refractivity contribution >= 4 is 45.9 Å². The zero-order valence-electron chi connectivity index (χ0n) is 39.1. The molecule has 5 aromatic carbocycles. The number of nitrogens with one attached hydrogen (secondary N) is 3. The van der Waals surface area contributed by atoms with Gasteiger partial charge in [-0.25, -0.2) is 14.8 Å². The van der Waals surface area contributed by atoms with E-state index in [0.29, 0.717) is 13.1 Å². The highest BCUT2D eigenvalue weighted by atomic mass is 16.5. The summed E-state index contributed by atoms with van der Waals surface area (Å²) in [5.41, 5.74) is 9.38. The maximum Gasteiger partial charge on any atom is 0.408 e. The molecule has 3 N–H and O–H groups in total. The van der Waals surface area contributed by atoms with Gasteiger partial charge in [-0.3, -0.25) is 14.4 Å². The lowest BCUT2D eigenvalue weighted by molar-refractivity contribution is -0.151. The van der Waals surface area contributed by atoms with E-state index in [9.17, 15) is 19.2 Å². The van der Waals surface area contributed by atoms with E-state index in [1.165, 1.54) is 0 Å². The second-order valence-electron chi connectivity index (χ2n) is 18.8. The molecule has 9 rings (SSSR count). The number of fused-ring (bicyclic) bond motifs is 2. The molecule has 0 saturated carbocycles. The number of rotatable bonds is 15. The molecule has 2 saturated heterocycles. The average molecular weight is 914 g/mol. The number of amides is 3. The number of hydrogen-bond donors (Lipinski definition) is 3. The van der Waals surface area contributed by atoms with E-state index in [2.05, 4.69) is 63.8 Å². The average Bonchev–Trinajstić information content (AvgIpc) is 4.20. The van der Waals surface area contributed by atoms with Crippen molar-refractivity contribution < 1.29 is 28.7 Å². The quantitative estimate of drug-likeness (QED) is 0.0856. The van der Waals surface area contributed by atoms with Gasteiger partial charge in [0, 0.05) is 13.1 Å². The molecule has 2 fully saturated rings. The number of aromatic nitrogens is 4. The predicted octanol–water partition coefficient (Wildman–Crippen LogP) is 10.5. The molecule has 68 heavy (non-hydrogen) atoms. The molecular formula is C55H59N7O6. The first-order valence-electron chi connectivity index (χ1n) is 23.9. The van der Waals surface area contributed by atoms with Crippen molar-refractivity contribution in [2.24, 2.45) is 17.8 Å². The Morgan fingerprint density at radius 1 is 0.603 bits per heavy atom. The highest BCUT2D eigenvalue weighted by Gasteiger charge is 2.39. The van der Waals surface area contributed by atoms with Crippen LogP contribution in [0.15, 0.2) is 121 Å². The summed E-state index contributed by atoms with van der Waals surface area (Å²) in [5, 5.41) is 2.83. The Balaban J connectivity index is 0.847. The smallest absolute Gasteiger partial charge is 0.408 e. The van der Waals surface area contributed by atoms with E-state index in [-0.39, 0.29) is 61.3 Å². The molecular weight excluding hydrogens is 855 g/mol. The Bertz CT molecular complexity index is 2700. The van der Waals surface area contributed by atoms with E-state index in [1.54, 1.807) is 0 Å². The van der Waals surface area contributed by atoms with E-state index in [0.717, 1.165) is 92.8 Å². The van der Waals surface area contributed by atoms with Gasteiger partial charge < -0.3 is 34.6 Å². The lowest BCUT2D eigenvalue weighted by atomic mass is 9.90. The number of hydrogen-bond acceptors (Lipinski definition) is 8. The van der Waals surface area contributed by atoms with Crippen molar-refractivity contribution in [3.63, 3.8) is 0 Å². The van der Waals surface area contributed by atoms with Crippen LogP contribution in [0.5, 0.6) is 0 Å². The van der Waals surface area contributed by atoms with Crippen LogP contribution in [0.4, 0.5) is 4.79 Å². The van der Waals surface area contributed by atoms with Crippen LogP contribution in [0.2, 0.25) is 0 Å². The predicted molar refractivity (Wildman–Crippen MR) is 262 cm³/mol. The maximum atomic E-state index is 14.1. The molecule has 0 spiro atoms. The van der Waals surface area contributed by atoms with Crippen LogP contribution in [0.3, 0.4) is 0 Å². The monoisotopic (exact) mass is 913 g/mol. The van der Waals surface area contributed by atoms with Crippen LogP contribution in [0.1, 0.15) is 94.7 Å². The number of imidazole rings is 2. The molecule has 0 aliphatic carbocycles. The van der Waals surface area contributed by atoms with Crippen molar-refractivity contribution in [1.29, 1.82) is 0 Å². The highest BCUT2D eigenvalue weighted by Crippen LogP contribution is 2.37. The molecule has 0 radical (unpaired) electrons. The Labute approximate surface area is 396 Å². The van der Waals surface area contributed by atoms with Gasteiger partial charge in [0.1, 0.15) is 30.9 Å². The van der Waals surface area contributed by atoms with Gasteiger partial charge in [0.05, 0.1) is 46.5 Å². The SMILES string of the molecule is CC(C)[C@H](CC(=O)OCc1ccccc1)C(=O)N1CCC[C@H]1c1nc2ccc(-c3ccc(-c4ccc5nc([C@@H]6CCCN6C(=O)[C@@H](NC(=O)OCc6ccccc6)C(C)C)[nH]c5c4)cc3)cc2[nH]1. The van der Waals surface area contributed by atoms with Crippen LogP contribution in [-0.4, -0.2) is 72.7 Å². The number of carbonyl (C=O) groups excluding carboxylic acids is 4. The number of nitrogens with zero attached hydrogens (tertiary/aromatic N) is 4. The first-order chi connectivity index (χ1) is 33.0. The van der Waals surface area contributed by atoms with E-state index >= 15 is 0 Å². The number of alkyl carbamates (subject to hydrolysis) is 1. The molecule has 7 aromatic rings. The third-order valence-electron chi connectivity index (χ3n) is 13.4.